The molecule has 30 heavy (non-hydrogen) atoms. The van der Waals surface area contributed by atoms with Gasteiger partial charge < -0.3 is 10.1 Å². The van der Waals surface area contributed by atoms with E-state index in [1.807, 2.05) is 0 Å². The minimum Gasteiger partial charge on any atom is -0.439 e. The van der Waals surface area contributed by atoms with Gasteiger partial charge in [0.1, 0.15) is 11.6 Å². The number of nitrogens with one attached hydrogen (secondary N) is 1. The van der Waals surface area contributed by atoms with Gasteiger partial charge in [-0.2, -0.15) is 4.98 Å². The second-order valence-electron chi connectivity index (χ2n) is 7.52. The highest BCUT2D eigenvalue weighted by Crippen LogP contribution is 2.24. The van der Waals surface area contributed by atoms with Gasteiger partial charge in [-0.1, -0.05) is 43.9 Å². The first-order valence-corrected chi connectivity index (χ1v) is 10.4. The molecule has 0 bridgehead atoms. The van der Waals surface area contributed by atoms with Crippen LogP contribution in [0.5, 0.6) is 11.6 Å². The SMILES string of the molecule is O=C(NC1CCCCCC1)c1cccc(Oc2ccnc(-c3cccc(F)c3)n2)c1. The van der Waals surface area contributed by atoms with Crippen LogP contribution in [0.2, 0.25) is 0 Å². The molecular weight excluding hydrogens is 381 g/mol. The van der Waals surface area contributed by atoms with E-state index >= 15 is 0 Å². The summed E-state index contributed by atoms with van der Waals surface area (Å²) in [6.07, 6.45) is 8.44. The van der Waals surface area contributed by atoms with Crippen LogP contribution in [-0.4, -0.2) is 21.9 Å². The van der Waals surface area contributed by atoms with Gasteiger partial charge in [-0.15, -0.1) is 0 Å². The average molecular weight is 405 g/mol. The molecule has 2 aromatic carbocycles. The molecule has 1 aromatic heterocycles. The number of halogens is 1. The molecule has 1 heterocycles. The van der Waals surface area contributed by atoms with Gasteiger partial charge in [0.25, 0.3) is 5.91 Å². The van der Waals surface area contributed by atoms with E-state index in [0.717, 1.165) is 25.7 Å². The van der Waals surface area contributed by atoms with Crippen molar-refractivity contribution in [3.8, 4) is 23.0 Å². The summed E-state index contributed by atoms with van der Waals surface area (Å²) in [6, 6.07) is 15.0. The van der Waals surface area contributed by atoms with Crippen LogP contribution in [0.15, 0.2) is 60.8 Å². The largest absolute Gasteiger partial charge is 0.439 e. The van der Waals surface area contributed by atoms with Gasteiger partial charge in [0.05, 0.1) is 0 Å². The van der Waals surface area contributed by atoms with Crippen LogP contribution < -0.4 is 10.1 Å². The third-order valence-corrected chi connectivity index (χ3v) is 5.22. The molecule has 6 heteroatoms. The Hall–Kier alpha value is -3.28. The number of aromatic nitrogens is 2. The van der Waals surface area contributed by atoms with E-state index in [2.05, 4.69) is 15.3 Å². The first-order chi connectivity index (χ1) is 14.7. The van der Waals surface area contributed by atoms with Crippen molar-refractivity contribution in [3.63, 3.8) is 0 Å². The van der Waals surface area contributed by atoms with Crippen molar-refractivity contribution in [2.24, 2.45) is 0 Å². The summed E-state index contributed by atoms with van der Waals surface area (Å²) in [7, 11) is 0. The van der Waals surface area contributed by atoms with Gasteiger partial charge in [0.2, 0.25) is 5.88 Å². The minimum atomic E-state index is -0.352. The summed E-state index contributed by atoms with van der Waals surface area (Å²) in [6.45, 7) is 0. The van der Waals surface area contributed by atoms with Crippen molar-refractivity contribution in [2.45, 2.75) is 44.6 Å². The van der Waals surface area contributed by atoms with Crippen molar-refractivity contribution >= 4 is 5.91 Å². The molecule has 5 nitrogen and oxygen atoms in total. The number of benzene rings is 2. The normalized spacial score (nSPS) is 14.7. The Morgan fingerprint density at radius 1 is 1.00 bits per heavy atom. The van der Waals surface area contributed by atoms with E-state index in [-0.39, 0.29) is 17.8 Å². The van der Waals surface area contributed by atoms with Crippen molar-refractivity contribution in [3.05, 3.63) is 72.2 Å². The molecule has 0 saturated heterocycles. The molecule has 1 saturated carbocycles. The molecule has 1 amide bonds. The standard InChI is InChI=1S/C24H24FN3O2/c25-19-9-5-7-17(15-19)23-26-14-13-22(28-23)30-21-12-6-8-18(16-21)24(29)27-20-10-3-1-2-4-11-20/h5-9,12-16,20H,1-4,10-11H2,(H,27,29). The molecule has 3 aromatic rings. The Morgan fingerprint density at radius 2 is 1.80 bits per heavy atom. The third kappa shape index (κ3) is 5.20. The van der Waals surface area contributed by atoms with Crippen molar-refractivity contribution in [2.75, 3.05) is 0 Å². The Kier molecular flexibility index (Phi) is 6.32. The first kappa shape index (κ1) is 20.0. The van der Waals surface area contributed by atoms with Gasteiger partial charge >= 0.3 is 0 Å². The maximum atomic E-state index is 13.5. The van der Waals surface area contributed by atoms with Crippen LogP contribution in [0.25, 0.3) is 11.4 Å². The summed E-state index contributed by atoms with van der Waals surface area (Å²) < 4.78 is 19.3. The summed E-state index contributed by atoms with van der Waals surface area (Å²) in [5.74, 6) is 0.762. The molecule has 0 atom stereocenters. The summed E-state index contributed by atoms with van der Waals surface area (Å²) in [5.41, 5.74) is 1.12. The molecule has 0 unspecified atom stereocenters. The number of hydrogen-bond acceptors (Lipinski definition) is 4. The summed E-state index contributed by atoms with van der Waals surface area (Å²) >= 11 is 0. The lowest BCUT2D eigenvalue weighted by molar-refractivity contribution is 0.0933. The zero-order chi connectivity index (χ0) is 20.8. The Morgan fingerprint density at radius 3 is 2.60 bits per heavy atom. The lowest BCUT2D eigenvalue weighted by Crippen LogP contribution is -2.34. The molecule has 4 rings (SSSR count). The molecule has 1 aliphatic rings. The van der Waals surface area contributed by atoms with Gasteiger partial charge in [-0.3, -0.25) is 4.79 Å². The third-order valence-electron chi connectivity index (χ3n) is 5.22. The van der Waals surface area contributed by atoms with E-state index in [1.54, 1.807) is 48.7 Å². The average Bonchev–Trinajstić information content (AvgIpc) is 3.03. The summed E-state index contributed by atoms with van der Waals surface area (Å²) in [4.78, 5) is 21.2. The Bertz CT molecular complexity index is 1020. The lowest BCUT2D eigenvalue weighted by Gasteiger charge is -2.16. The van der Waals surface area contributed by atoms with Crippen LogP contribution in [0, 0.1) is 5.82 Å². The second kappa shape index (κ2) is 9.48. The van der Waals surface area contributed by atoms with Crippen molar-refractivity contribution in [1.82, 2.24) is 15.3 Å². The summed E-state index contributed by atoms with van der Waals surface area (Å²) in [5, 5.41) is 3.15. The molecule has 0 spiro atoms. The Labute approximate surface area is 175 Å². The van der Waals surface area contributed by atoms with E-state index in [9.17, 15) is 9.18 Å². The molecule has 1 N–H and O–H groups in total. The van der Waals surface area contributed by atoms with Crippen LogP contribution in [0.4, 0.5) is 4.39 Å². The van der Waals surface area contributed by atoms with Crippen molar-refractivity contribution < 1.29 is 13.9 Å². The highest BCUT2D eigenvalue weighted by molar-refractivity contribution is 5.94. The topological polar surface area (TPSA) is 64.1 Å². The monoisotopic (exact) mass is 405 g/mol. The number of carbonyl (C=O) groups is 1. The van der Waals surface area contributed by atoms with E-state index in [0.29, 0.717) is 28.6 Å². The molecule has 154 valence electrons. The van der Waals surface area contributed by atoms with E-state index in [4.69, 9.17) is 4.74 Å². The maximum Gasteiger partial charge on any atom is 0.251 e. The number of nitrogens with zero attached hydrogens (tertiary/aromatic N) is 2. The number of rotatable bonds is 5. The molecule has 1 aliphatic carbocycles. The quantitative estimate of drug-likeness (QED) is 0.567. The predicted octanol–water partition coefficient (Wildman–Crippen LogP) is 5.53. The van der Waals surface area contributed by atoms with Crippen LogP contribution in [0.1, 0.15) is 48.9 Å². The van der Waals surface area contributed by atoms with Crippen LogP contribution in [0.3, 0.4) is 0 Å². The fourth-order valence-corrected chi connectivity index (χ4v) is 3.68. The van der Waals surface area contributed by atoms with Gasteiger partial charge in [0.15, 0.2) is 5.82 Å². The van der Waals surface area contributed by atoms with Crippen LogP contribution in [-0.2, 0) is 0 Å². The van der Waals surface area contributed by atoms with Gasteiger partial charge in [-0.25, -0.2) is 9.37 Å². The number of amides is 1. The first-order valence-electron chi connectivity index (χ1n) is 10.4. The maximum absolute atomic E-state index is 13.5. The molecular formula is C24H24FN3O2. The van der Waals surface area contributed by atoms with Gasteiger partial charge in [0, 0.05) is 29.4 Å². The predicted molar refractivity (Wildman–Crippen MR) is 113 cm³/mol. The van der Waals surface area contributed by atoms with Crippen LogP contribution >= 0.6 is 0 Å². The fourth-order valence-electron chi connectivity index (χ4n) is 3.68. The highest BCUT2D eigenvalue weighted by Gasteiger charge is 2.16. The lowest BCUT2D eigenvalue weighted by atomic mass is 10.1. The van der Waals surface area contributed by atoms with E-state index < -0.39 is 0 Å². The molecule has 0 radical (unpaired) electrons. The number of hydrogen-bond donors (Lipinski definition) is 1. The van der Waals surface area contributed by atoms with Gasteiger partial charge in [-0.05, 0) is 43.2 Å². The van der Waals surface area contributed by atoms with E-state index in [1.165, 1.54) is 25.0 Å². The number of ether oxygens (including phenoxy) is 1. The zero-order valence-electron chi connectivity index (χ0n) is 16.7. The molecule has 0 aliphatic heterocycles. The molecule has 1 fully saturated rings. The highest BCUT2D eigenvalue weighted by atomic mass is 19.1. The Balaban J connectivity index is 1.46. The zero-order valence-corrected chi connectivity index (χ0v) is 16.7. The number of carbonyl (C=O) groups excluding carboxylic acids is 1. The second-order valence-corrected chi connectivity index (χ2v) is 7.52. The smallest absolute Gasteiger partial charge is 0.251 e. The fraction of sp³-hybridized carbons (Fsp3) is 0.292. The minimum absolute atomic E-state index is 0.0875. The van der Waals surface area contributed by atoms with Crippen molar-refractivity contribution in [1.29, 1.82) is 0 Å².